The lowest BCUT2D eigenvalue weighted by molar-refractivity contribution is 0.0997. The highest BCUT2D eigenvalue weighted by Gasteiger charge is 2.15. The molecule has 0 saturated heterocycles. The monoisotopic (exact) mass is 338 g/mol. The minimum absolute atomic E-state index is 0.177. The van der Waals surface area contributed by atoms with E-state index in [1.165, 1.54) is 11.3 Å². The van der Waals surface area contributed by atoms with E-state index >= 15 is 0 Å². The molecular formula is C14H8Cl2N2O2S. The van der Waals surface area contributed by atoms with Gasteiger partial charge in [-0.15, -0.1) is 11.3 Å². The van der Waals surface area contributed by atoms with Crippen molar-refractivity contribution in [2.45, 2.75) is 0 Å². The van der Waals surface area contributed by atoms with Crippen molar-refractivity contribution in [3.8, 4) is 11.3 Å². The number of thiazole rings is 1. The molecule has 1 amide bonds. The van der Waals surface area contributed by atoms with Crippen LogP contribution >= 0.6 is 34.5 Å². The van der Waals surface area contributed by atoms with Crippen LogP contribution in [0.1, 0.15) is 10.6 Å². The van der Waals surface area contributed by atoms with Crippen molar-refractivity contribution in [3.63, 3.8) is 0 Å². The number of furan rings is 1. The maximum absolute atomic E-state index is 12.0. The highest BCUT2D eigenvalue weighted by Crippen LogP contribution is 2.32. The molecule has 4 nitrogen and oxygen atoms in total. The van der Waals surface area contributed by atoms with Gasteiger partial charge in [-0.2, -0.15) is 0 Å². The molecule has 2 heterocycles. The molecule has 0 fully saturated rings. The van der Waals surface area contributed by atoms with Gasteiger partial charge < -0.3 is 4.42 Å². The van der Waals surface area contributed by atoms with E-state index in [2.05, 4.69) is 10.3 Å². The molecule has 2 aromatic heterocycles. The number of nitrogens with one attached hydrogen (secondary N) is 1. The SMILES string of the molecule is O=C(Nc1nccs1)c1ccc(-c2cc(Cl)ccc2Cl)o1. The Morgan fingerprint density at radius 2 is 2.10 bits per heavy atom. The summed E-state index contributed by atoms with van der Waals surface area (Å²) >= 11 is 13.4. The summed E-state index contributed by atoms with van der Waals surface area (Å²) in [6.07, 6.45) is 1.61. The van der Waals surface area contributed by atoms with Gasteiger partial charge in [0.1, 0.15) is 5.76 Å². The van der Waals surface area contributed by atoms with E-state index in [1.54, 1.807) is 41.9 Å². The molecule has 0 bridgehead atoms. The van der Waals surface area contributed by atoms with Gasteiger partial charge in [0.05, 0.1) is 5.02 Å². The van der Waals surface area contributed by atoms with Gasteiger partial charge in [0, 0.05) is 22.2 Å². The summed E-state index contributed by atoms with van der Waals surface area (Å²) in [5.41, 5.74) is 0.637. The molecule has 3 aromatic rings. The van der Waals surface area contributed by atoms with Crippen molar-refractivity contribution in [1.29, 1.82) is 0 Å². The third kappa shape index (κ3) is 3.10. The number of anilines is 1. The average molecular weight is 339 g/mol. The van der Waals surface area contributed by atoms with E-state index < -0.39 is 0 Å². The Labute approximate surface area is 134 Å². The lowest BCUT2D eigenvalue weighted by atomic mass is 10.2. The first-order valence-electron chi connectivity index (χ1n) is 5.89. The first kappa shape index (κ1) is 14.1. The number of carbonyl (C=O) groups excluding carboxylic acids is 1. The minimum atomic E-state index is -0.366. The highest BCUT2D eigenvalue weighted by molar-refractivity contribution is 7.13. The maximum atomic E-state index is 12.0. The second-order valence-corrected chi connectivity index (χ2v) is 5.82. The molecular weight excluding hydrogens is 331 g/mol. The predicted molar refractivity (Wildman–Crippen MR) is 84.2 cm³/mol. The molecule has 1 N–H and O–H groups in total. The summed E-state index contributed by atoms with van der Waals surface area (Å²) in [7, 11) is 0. The number of halogens is 2. The first-order valence-corrected chi connectivity index (χ1v) is 7.53. The zero-order valence-corrected chi connectivity index (χ0v) is 12.8. The number of carbonyl (C=O) groups is 1. The zero-order chi connectivity index (χ0) is 14.8. The van der Waals surface area contributed by atoms with Gasteiger partial charge in [-0.3, -0.25) is 10.1 Å². The van der Waals surface area contributed by atoms with Gasteiger partial charge in [-0.25, -0.2) is 4.98 Å². The number of aromatic nitrogens is 1. The molecule has 0 aliphatic heterocycles. The van der Waals surface area contributed by atoms with Crippen LogP contribution in [0.25, 0.3) is 11.3 Å². The van der Waals surface area contributed by atoms with Crippen molar-refractivity contribution >= 4 is 45.6 Å². The molecule has 0 atom stereocenters. The third-order valence-corrected chi connectivity index (χ3v) is 3.93. The van der Waals surface area contributed by atoms with Crippen LogP contribution in [0.15, 0.2) is 46.3 Å². The van der Waals surface area contributed by atoms with Gasteiger partial charge in [0.2, 0.25) is 0 Å². The second kappa shape index (κ2) is 5.89. The van der Waals surface area contributed by atoms with E-state index in [4.69, 9.17) is 27.6 Å². The first-order chi connectivity index (χ1) is 10.1. The van der Waals surface area contributed by atoms with Gasteiger partial charge >= 0.3 is 0 Å². The van der Waals surface area contributed by atoms with E-state index in [0.717, 1.165) is 0 Å². The van der Waals surface area contributed by atoms with Crippen LogP contribution < -0.4 is 5.32 Å². The fourth-order valence-electron chi connectivity index (χ4n) is 1.73. The summed E-state index contributed by atoms with van der Waals surface area (Å²) in [6.45, 7) is 0. The number of amides is 1. The molecule has 21 heavy (non-hydrogen) atoms. The van der Waals surface area contributed by atoms with Crippen LogP contribution in [0.3, 0.4) is 0 Å². The predicted octanol–water partition coefficient (Wildman–Crippen LogP) is 4.96. The van der Waals surface area contributed by atoms with Crippen molar-refractivity contribution in [1.82, 2.24) is 4.98 Å². The summed E-state index contributed by atoms with van der Waals surface area (Å²) in [4.78, 5) is 16.0. The second-order valence-electron chi connectivity index (χ2n) is 4.08. The molecule has 7 heteroatoms. The molecule has 0 saturated carbocycles. The number of benzene rings is 1. The Hall–Kier alpha value is -1.82. The highest BCUT2D eigenvalue weighted by atomic mass is 35.5. The van der Waals surface area contributed by atoms with Gasteiger partial charge in [0.25, 0.3) is 5.91 Å². The van der Waals surface area contributed by atoms with Crippen LogP contribution in [0.4, 0.5) is 5.13 Å². The van der Waals surface area contributed by atoms with E-state index in [-0.39, 0.29) is 11.7 Å². The van der Waals surface area contributed by atoms with Crippen molar-refractivity contribution < 1.29 is 9.21 Å². The van der Waals surface area contributed by atoms with Gasteiger partial charge in [-0.05, 0) is 30.3 Å². The number of rotatable bonds is 3. The molecule has 3 rings (SSSR count). The molecule has 0 spiro atoms. The molecule has 0 aliphatic rings. The molecule has 106 valence electrons. The number of hydrogen-bond donors (Lipinski definition) is 1. The Morgan fingerprint density at radius 3 is 2.86 bits per heavy atom. The van der Waals surface area contributed by atoms with Crippen LogP contribution in [0.2, 0.25) is 10.0 Å². The van der Waals surface area contributed by atoms with Crippen molar-refractivity contribution in [2.75, 3.05) is 5.32 Å². The quantitative estimate of drug-likeness (QED) is 0.734. The van der Waals surface area contributed by atoms with E-state index in [9.17, 15) is 4.79 Å². The van der Waals surface area contributed by atoms with Crippen molar-refractivity contribution in [3.05, 3.63) is 57.7 Å². The normalized spacial score (nSPS) is 10.6. The minimum Gasteiger partial charge on any atom is -0.451 e. The largest absolute Gasteiger partial charge is 0.451 e. The van der Waals surface area contributed by atoms with Crippen molar-refractivity contribution in [2.24, 2.45) is 0 Å². The summed E-state index contributed by atoms with van der Waals surface area (Å²) < 4.78 is 5.54. The topological polar surface area (TPSA) is 55.1 Å². The van der Waals surface area contributed by atoms with E-state index in [0.29, 0.717) is 26.5 Å². The molecule has 0 aliphatic carbocycles. The Balaban J connectivity index is 1.86. The third-order valence-electron chi connectivity index (χ3n) is 2.68. The Morgan fingerprint density at radius 1 is 1.24 bits per heavy atom. The Kier molecular flexibility index (Phi) is 3.96. The summed E-state index contributed by atoms with van der Waals surface area (Å²) in [5.74, 6) is 0.289. The molecule has 0 unspecified atom stereocenters. The molecule has 0 radical (unpaired) electrons. The number of nitrogens with zero attached hydrogens (tertiary/aromatic N) is 1. The maximum Gasteiger partial charge on any atom is 0.293 e. The van der Waals surface area contributed by atoms with Crippen LogP contribution in [0.5, 0.6) is 0 Å². The van der Waals surface area contributed by atoms with Gasteiger partial charge in [-0.1, -0.05) is 23.2 Å². The Bertz CT molecular complexity index is 784. The lowest BCUT2D eigenvalue weighted by Gasteiger charge is -2.02. The van der Waals surface area contributed by atoms with Gasteiger partial charge in [0.15, 0.2) is 10.9 Å². The lowest BCUT2D eigenvalue weighted by Crippen LogP contribution is -2.10. The zero-order valence-electron chi connectivity index (χ0n) is 10.5. The standard InChI is InChI=1S/C14H8Cl2N2O2S/c15-8-1-2-10(16)9(7-8)11-3-4-12(20-11)13(19)18-14-17-5-6-21-14/h1-7H,(H,17,18,19). The van der Waals surface area contributed by atoms with E-state index in [1.807, 2.05) is 0 Å². The van der Waals surface area contributed by atoms with Crippen LogP contribution in [-0.4, -0.2) is 10.9 Å². The van der Waals surface area contributed by atoms with Crippen LogP contribution in [-0.2, 0) is 0 Å². The molecule has 1 aromatic carbocycles. The smallest absolute Gasteiger partial charge is 0.293 e. The summed E-state index contributed by atoms with van der Waals surface area (Å²) in [5, 5.41) is 5.97. The fourth-order valence-corrected chi connectivity index (χ4v) is 2.64. The average Bonchev–Trinajstić information content (AvgIpc) is 3.12. The fraction of sp³-hybridized carbons (Fsp3) is 0. The number of hydrogen-bond acceptors (Lipinski definition) is 4. The van der Waals surface area contributed by atoms with Crippen LogP contribution in [0, 0.1) is 0 Å². The summed E-state index contributed by atoms with van der Waals surface area (Å²) in [6, 6.07) is 8.30.